The molecule has 0 bridgehead atoms. The highest BCUT2D eigenvalue weighted by Crippen LogP contribution is 2.23. The Labute approximate surface area is 188 Å². The highest BCUT2D eigenvalue weighted by atomic mass is 32.2. The van der Waals surface area contributed by atoms with Crippen molar-refractivity contribution in [2.24, 2.45) is 0 Å². The van der Waals surface area contributed by atoms with Gasteiger partial charge in [-0.25, -0.2) is 0 Å². The molecule has 7 heteroatoms. The van der Waals surface area contributed by atoms with Crippen molar-refractivity contribution in [2.45, 2.75) is 58.8 Å². The second-order valence-corrected chi connectivity index (χ2v) is 8.69. The molecule has 0 saturated carbocycles. The maximum absolute atomic E-state index is 12.4. The number of anilines is 1. The van der Waals surface area contributed by atoms with Gasteiger partial charge in [-0.05, 0) is 61.6 Å². The Kier molecular flexibility index (Phi) is 7.74. The maximum Gasteiger partial charge on any atom is 0.234 e. The summed E-state index contributed by atoms with van der Waals surface area (Å²) >= 11 is 1.38. The molecule has 1 N–H and O–H groups in total. The van der Waals surface area contributed by atoms with Gasteiger partial charge in [0.2, 0.25) is 5.91 Å². The third kappa shape index (κ3) is 5.88. The van der Waals surface area contributed by atoms with E-state index in [1.54, 1.807) is 0 Å². The maximum atomic E-state index is 12.4. The third-order valence-corrected chi connectivity index (χ3v) is 6.18. The fraction of sp³-hybridized carbons (Fsp3) is 0.375. The van der Waals surface area contributed by atoms with Crippen LogP contribution in [0.2, 0.25) is 0 Å². The van der Waals surface area contributed by atoms with E-state index in [1.165, 1.54) is 22.9 Å². The monoisotopic (exact) mass is 438 g/mol. The van der Waals surface area contributed by atoms with Crippen molar-refractivity contribution >= 4 is 23.4 Å². The molecule has 1 amide bonds. The van der Waals surface area contributed by atoms with E-state index in [2.05, 4.69) is 42.4 Å². The largest absolute Gasteiger partial charge is 0.485 e. The molecule has 0 saturated heterocycles. The lowest BCUT2D eigenvalue weighted by Gasteiger charge is -2.12. The minimum atomic E-state index is -0.0684. The minimum Gasteiger partial charge on any atom is -0.485 e. The number of thioether (sulfide) groups is 1. The molecule has 0 fully saturated rings. The van der Waals surface area contributed by atoms with Crippen LogP contribution in [0.3, 0.4) is 0 Å². The van der Waals surface area contributed by atoms with Crippen LogP contribution in [-0.2, 0) is 17.9 Å². The summed E-state index contributed by atoms with van der Waals surface area (Å²) in [5.41, 5.74) is 4.36. The van der Waals surface area contributed by atoms with E-state index in [9.17, 15) is 4.79 Å². The summed E-state index contributed by atoms with van der Waals surface area (Å²) in [6.07, 6.45) is 0. The van der Waals surface area contributed by atoms with Crippen LogP contribution < -0.4 is 10.1 Å². The Morgan fingerprint density at radius 1 is 1.13 bits per heavy atom. The third-order valence-electron chi connectivity index (χ3n) is 5.21. The van der Waals surface area contributed by atoms with Gasteiger partial charge in [-0.15, -0.1) is 10.2 Å². The fourth-order valence-corrected chi connectivity index (χ4v) is 3.97. The van der Waals surface area contributed by atoms with Gasteiger partial charge >= 0.3 is 0 Å². The molecule has 0 radical (unpaired) electrons. The van der Waals surface area contributed by atoms with E-state index in [4.69, 9.17) is 4.74 Å². The number of rotatable bonds is 9. The average Bonchev–Trinajstić information content (AvgIpc) is 3.15. The van der Waals surface area contributed by atoms with Crippen LogP contribution in [0.1, 0.15) is 49.2 Å². The first kappa shape index (κ1) is 22.9. The van der Waals surface area contributed by atoms with Gasteiger partial charge in [-0.1, -0.05) is 49.9 Å². The first-order valence-corrected chi connectivity index (χ1v) is 11.5. The molecule has 1 heterocycles. The normalized spacial score (nSPS) is 11.0. The number of aryl methyl sites for hydroxylation is 1. The van der Waals surface area contributed by atoms with Crippen molar-refractivity contribution in [1.82, 2.24) is 14.8 Å². The molecule has 0 aliphatic heterocycles. The number of aromatic nitrogens is 3. The Hall–Kier alpha value is -2.80. The van der Waals surface area contributed by atoms with Gasteiger partial charge < -0.3 is 14.6 Å². The predicted molar refractivity (Wildman–Crippen MR) is 126 cm³/mol. The van der Waals surface area contributed by atoms with Crippen molar-refractivity contribution in [2.75, 3.05) is 11.1 Å². The minimum absolute atomic E-state index is 0.0684. The van der Waals surface area contributed by atoms with Gasteiger partial charge in [0.05, 0.1) is 5.75 Å². The van der Waals surface area contributed by atoms with Gasteiger partial charge in [0.1, 0.15) is 12.4 Å². The number of nitrogens with zero attached hydrogens (tertiary/aromatic N) is 3. The predicted octanol–water partition coefficient (Wildman–Crippen LogP) is 5.35. The first-order chi connectivity index (χ1) is 14.9. The van der Waals surface area contributed by atoms with E-state index < -0.39 is 0 Å². The SMILES string of the molecule is CCn1c(COc2cccc(C)c2C)nnc1SCC(=O)Nc1ccc(C(C)C)cc1. The number of amides is 1. The van der Waals surface area contributed by atoms with Gasteiger partial charge in [-0.2, -0.15) is 0 Å². The topological polar surface area (TPSA) is 69.0 Å². The molecule has 6 nitrogen and oxygen atoms in total. The van der Waals surface area contributed by atoms with E-state index in [-0.39, 0.29) is 11.7 Å². The highest BCUT2D eigenvalue weighted by molar-refractivity contribution is 7.99. The first-order valence-electron chi connectivity index (χ1n) is 10.5. The lowest BCUT2D eigenvalue weighted by Crippen LogP contribution is -2.15. The standard InChI is InChI=1S/C24H30N4O2S/c1-6-28-22(14-30-21-9-7-8-17(4)18(21)5)26-27-24(28)31-15-23(29)25-20-12-10-19(11-13-20)16(2)3/h7-13,16H,6,14-15H2,1-5H3,(H,25,29). The molecule has 1 aromatic heterocycles. The van der Waals surface area contributed by atoms with Crippen molar-refractivity contribution in [3.05, 3.63) is 65.0 Å². The second-order valence-electron chi connectivity index (χ2n) is 7.74. The Balaban J connectivity index is 1.57. The van der Waals surface area contributed by atoms with Crippen LogP contribution in [0.25, 0.3) is 0 Å². The number of hydrogen-bond donors (Lipinski definition) is 1. The quantitative estimate of drug-likeness (QED) is 0.456. The van der Waals surface area contributed by atoms with E-state index in [0.717, 1.165) is 22.8 Å². The molecule has 31 heavy (non-hydrogen) atoms. The molecule has 3 aromatic rings. The smallest absolute Gasteiger partial charge is 0.234 e. The summed E-state index contributed by atoms with van der Waals surface area (Å²) in [5.74, 6) is 2.26. The van der Waals surface area contributed by atoms with E-state index in [0.29, 0.717) is 24.2 Å². The number of carbonyl (C=O) groups excluding carboxylic acids is 1. The molecular formula is C24H30N4O2S. The molecule has 0 aliphatic rings. The number of carbonyl (C=O) groups is 1. The van der Waals surface area contributed by atoms with Crippen molar-refractivity contribution in [1.29, 1.82) is 0 Å². The van der Waals surface area contributed by atoms with Crippen molar-refractivity contribution in [3.8, 4) is 5.75 Å². The van der Waals surface area contributed by atoms with Crippen LogP contribution in [-0.4, -0.2) is 26.4 Å². The Bertz CT molecular complexity index is 1030. The summed E-state index contributed by atoms with van der Waals surface area (Å²) in [6.45, 7) is 11.5. The molecule has 0 spiro atoms. The lowest BCUT2D eigenvalue weighted by atomic mass is 10.0. The van der Waals surface area contributed by atoms with Gasteiger partial charge in [0, 0.05) is 12.2 Å². The van der Waals surface area contributed by atoms with Crippen LogP contribution in [0.5, 0.6) is 5.75 Å². The zero-order chi connectivity index (χ0) is 22.4. The summed E-state index contributed by atoms with van der Waals surface area (Å²) in [7, 11) is 0. The Morgan fingerprint density at radius 2 is 1.87 bits per heavy atom. The summed E-state index contributed by atoms with van der Waals surface area (Å²) in [4.78, 5) is 12.4. The van der Waals surface area contributed by atoms with Crippen LogP contribution in [0.15, 0.2) is 47.6 Å². The summed E-state index contributed by atoms with van der Waals surface area (Å²) < 4.78 is 7.97. The van der Waals surface area contributed by atoms with Crippen LogP contribution >= 0.6 is 11.8 Å². The van der Waals surface area contributed by atoms with Gasteiger partial charge in [0.15, 0.2) is 11.0 Å². The summed E-state index contributed by atoms with van der Waals surface area (Å²) in [5, 5.41) is 12.2. The van der Waals surface area contributed by atoms with Crippen molar-refractivity contribution < 1.29 is 9.53 Å². The number of hydrogen-bond acceptors (Lipinski definition) is 5. The number of benzene rings is 2. The number of ether oxygens (including phenoxy) is 1. The molecular weight excluding hydrogens is 408 g/mol. The van der Waals surface area contributed by atoms with Crippen molar-refractivity contribution in [3.63, 3.8) is 0 Å². The molecule has 0 unspecified atom stereocenters. The van der Waals surface area contributed by atoms with Gasteiger partial charge in [-0.3, -0.25) is 4.79 Å². The molecule has 2 aromatic carbocycles. The zero-order valence-corrected chi connectivity index (χ0v) is 19.6. The van der Waals surface area contributed by atoms with E-state index >= 15 is 0 Å². The molecule has 0 aliphatic carbocycles. The number of nitrogens with one attached hydrogen (secondary N) is 1. The van der Waals surface area contributed by atoms with Crippen LogP contribution in [0.4, 0.5) is 5.69 Å². The highest BCUT2D eigenvalue weighted by Gasteiger charge is 2.14. The fourth-order valence-electron chi connectivity index (χ4n) is 3.15. The summed E-state index contributed by atoms with van der Waals surface area (Å²) in [6, 6.07) is 14.0. The second kappa shape index (κ2) is 10.5. The average molecular weight is 439 g/mol. The lowest BCUT2D eigenvalue weighted by molar-refractivity contribution is -0.113. The molecule has 3 rings (SSSR count). The zero-order valence-electron chi connectivity index (χ0n) is 18.8. The molecule has 164 valence electrons. The van der Waals surface area contributed by atoms with Gasteiger partial charge in [0.25, 0.3) is 0 Å². The van der Waals surface area contributed by atoms with Crippen LogP contribution in [0, 0.1) is 13.8 Å². The Morgan fingerprint density at radius 3 is 2.55 bits per heavy atom. The molecule has 0 atom stereocenters. The van der Waals surface area contributed by atoms with E-state index in [1.807, 2.05) is 54.8 Å².